The van der Waals surface area contributed by atoms with Crippen molar-refractivity contribution in [3.8, 4) is 22.3 Å². The van der Waals surface area contributed by atoms with Crippen molar-refractivity contribution in [2.75, 3.05) is 0 Å². The molecule has 0 aliphatic heterocycles. The largest absolute Gasteiger partial charge is 0.478 e. The second kappa shape index (κ2) is 14.9. The first kappa shape index (κ1) is 31.1. The van der Waals surface area contributed by atoms with E-state index in [4.69, 9.17) is 10.1 Å². The second-order valence-corrected chi connectivity index (χ2v) is 12.1. The van der Waals surface area contributed by atoms with E-state index in [1.165, 1.54) is 0 Å². The highest BCUT2D eigenvalue weighted by Gasteiger charge is 2.14. The first-order valence-electron chi connectivity index (χ1n) is 14.5. The molecule has 5 rings (SSSR count). The average Bonchev–Trinajstić information content (AvgIpc) is 3.45. The zero-order valence-electron chi connectivity index (χ0n) is 24.3. The minimum atomic E-state index is -0.937. The van der Waals surface area contributed by atoms with E-state index in [0.29, 0.717) is 28.2 Å². The van der Waals surface area contributed by atoms with Crippen LogP contribution in [0.4, 0.5) is 0 Å². The molecule has 0 aliphatic rings. The fourth-order valence-electron chi connectivity index (χ4n) is 4.85. The Morgan fingerprint density at radius 3 is 1.75 bits per heavy atom. The number of nitrogens with zero attached hydrogens (tertiary/aromatic N) is 3. The zero-order valence-corrected chi connectivity index (χ0v) is 26.0. The Balaban J connectivity index is 1.25. The molecule has 224 valence electrons. The molecule has 0 saturated carbocycles. The third-order valence-corrected chi connectivity index (χ3v) is 9.10. The van der Waals surface area contributed by atoms with Gasteiger partial charge < -0.3 is 10.2 Å². The van der Waals surface area contributed by atoms with Gasteiger partial charge in [0.1, 0.15) is 5.82 Å². The summed E-state index contributed by atoms with van der Waals surface area (Å²) >= 11 is 3.19. The van der Waals surface area contributed by atoms with E-state index in [0.717, 1.165) is 58.9 Å². The van der Waals surface area contributed by atoms with Crippen LogP contribution >= 0.6 is 23.7 Å². The fourth-order valence-corrected chi connectivity index (χ4v) is 6.58. The molecule has 0 bridgehead atoms. The van der Waals surface area contributed by atoms with Crippen LogP contribution in [0.15, 0.2) is 102 Å². The van der Waals surface area contributed by atoms with Crippen molar-refractivity contribution in [3.63, 3.8) is 0 Å². The predicted molar refractivity (Wildman–Crippen MR) is 177 cm³/mol. The summed E-state index contributed by atoms with van der Waals surface area (Å²) in [7, 11) is 0. The molecule has 0 fully saturated rings. The Kier molecular flexibility index (Phi) is 10.5. The summed E-state index contributed by atoms with van der Waals surface area (Å²) in [6.45, 7) is 2.19. The number of carboxylic acids is 2. The number of aryl methyl sites for hydroxylation is 1. The molecule has 0 amide bonds. The summed E-state index contributed by atoms with van der Waals surface area (Å²) in [6, 6.07) is 30.0. The SMILES string of the molecule is CCCCCc1nc(SCc2ccc(-c3ccccc3C(=O)O)cc2)nn1SCc1ccc(-c2ccccc2C(=O)O)cc1. The highest BCUT2D eigenvalue weighted by atomic mass is 32.2. The van der Waals surface area contributed by atoms with Crippen LogP contribution in [0.2, 0.25) is 0 Å². The second-order valence-electron chi connectivity index (χ2n) is 10.3. The molecule has 0 unspecified atom stereocenters. The van der Waals surface area contributed by atoms with Gasteiger partial charge in [-0.3, -0.25) is 0 Å². The Labute approximate surface area is 265 Å². The van der Waals surface area contributed by atoms with Crippen molar-refractivity contribution in [1.82, 2.24) is 14.2 Å². The molecule has 0 radical (unpaired) electrons. The van der Waals surface area contributed by atoms with Gasteiger partial charge in [0.25, 0.3) is 0 Å². The highest BCUT2D eigenvalue weighted by molar-refractivity contribution is 7.98. The molecule has 0 atom stereocenters. The lowest BCUT2D eigenvalue weighted by molar-refractivity contribution is 0.0687. The maximum Gasteiger partial charge on any atom is 0.336 e. The first-order valence-corrected chi connectivity index (χ1v) is 16.4. The van der Waals surface area contributed by atoms with Crippen LogP contribution < -0.4 is 0 Å². The quantitative estimate of drug-likeness (QED) is 0.0935. The van der Waals surface area contributed by atoms with Crippen molar-refractivity contribution in [1.29, 1.82) is 0 Å². The average molecular weight is 624 g/mol. The number of hydrogen-bond donors (Lipinski definition) is 2. The summed E-state index contributed by atoms with van der Waals surface area (Å²) in [5, 5.41) is 24.6. The summed E-state index contributed by atoms with van der Waals surface area (Å²) < 4.78 is 1.94. The van der Waals surface area contributed by atoms with Crippen LogP contribution in [0, 0.1) is 0 Å². The molecule has 0 spiro atoms. The molecule has 2 N–H and O–H groups in total. The molecule has 0 saturated heterocycles. The lowest BCUT2D eigenvalue weighted by Crippen LogP contribution is -2.00. The van der Waals surface area contributed by atoms with Gasteiger partial charge in [0.05, 0.1) is 11.1 Å². The van der Waals surface area contributed by atoms with E-state index in [9.17, 15) is 19.8 Å². The number of hydrogen-bond acceptors (Lipinski definition) is 6. The molecule has 1 heterocycles. The topological polar surface area (TPSA) is 105 Å². The van der Waals surface area contributed by atoms with Gasteiger partial charge in [-0.15, -0.1) is 5.10 Å². The summed E-state index contributed by atoms with van der Waals surface area (Å²) in [6.07, 6.45) is 4.18. The normalized spacial score (nSPS) is 11.0. The summed E-state index contributed by atoms with van der Waals surface area (Å²) in [5.74, 6) is 0.484. The molecule has 44 heavy (non-hydrogen) atoms. The van der Waals surface area contributed by atoms with Crippen LogP contribution in [0.5, 0.6) is 0 Å². The fraction of sp³-hybridized carbons (Fsp3) is 0.200. The van der Waals surface area contributed by atoms with Gasteiger partial charge in [-0.2, -0.15) is 4.09 Å². The number of rotatable bonds is 14. The van der Waals surface area contributed by atoms with E-state index in [1.54, 1.807) is 48.0 Å². The lowest BCUT2D eigenvalue weighted by atomic mass is 9.99. The van der Waals surface area contributed by atoms with Crippen molar-refractivity contribution in [2.24, 2.45) is 0 Å². The number of aromatic carboxylic acids is 2. The maximum atomic E-state index is 11.6. The van der Waals surface area contributed by atoms with Crippen LogP contribution in [0.25, 0.3) is 22.3 Å². The summed E-state index contributed by atoms with van der Waals surface area (Å²) in [4.78, 5) is 28.1. The van der Waals surface area contributed by atoms with E-state index < -0.39 is 11.9 Å². The highest BCUT2D eigenvalue weighted by Crippen LogP contribution is 2.29. The Bertz CT molecular complexity index is 1730. The van der Waals surface area contributed by atoms with E-state index in [2.05, 4.69) is 6.92 Å². The molecule has 1 aromatic heterocycles. The number of unbranched alkanes of at least 4 members (excludes halogenated alkanes) is 2. The third kappa shape index (κ3) is 7.78. The first-order chi connectivity index (χ1) is 21.4. The van der Waals surface area contributed by atoms with E-state index >= 15 is 0 Å². The van der Waals surface area contributed by atoms with Gasteiger partial charge in [-0.05, 0) is 63.9 Å². The van der Waals surface area contributed by atoms with E-state index in [1.807, 2.05) is 76.9 Å². The van der Waals surface area contributed by atoms with Crippen molar-refractivity contribution >= 4 is 35.6 Å². The number of aromatic nitrogens is 3. The number of thioether (sulfide) groups is 1. The zero-order chi connectivity index (χ0) is 30.9. The van der Waals surface area contributed by atoms with Crippen LogP contribution in [-0.2, 0) is 17.9 Å². The molecule has 5 aromatic rings. The predicted octanol–water partition coefficient (Wildman–Crippen LogP) is 8.73. The third-order valence-electron chi connectivity index (χ3n) is 7.19. The lowest BCUT2D eigenvalue weighted by Gasteiger charge is -2.08. The van der Waals surface area contributed by atoms with Gasteiger partial charge in [-0.1, -0.05) is 116 Å². The molecule has 9 heteroatoms. The smallest absolute Gasteiger partial charge is 0.336 e. The standard InChI is InChI=1S/C35H33N3O4S2/c1-2-3-4-13-32-36-35(43-22-24-14-18-26(19-15-24)28-9-5-7-11-30(28)33(39)40)37-38(32)44-23-25-16-20-27(21-17-25)29-10-6-8-12-31(29)34(41)42/h5-12,14-21H,2-4,13,22-23H2,1H3,(H,39,40)(H,41,42). The van der Waals surface area contributed by atoms with Gasteiger partial charge >= 0.3 is 11.9 Å². The molecule has 0 aliphatic carbocycles. The Hall–Kier alpha value is -4.34. The molecular formula is C35H33N3O4S2. The minimum Gasteiger partial charge on any atom is -0.478 e. The van der Waals surface area contributed by atoms with Gasteiger partial charge in [0.2, 0.25) is 5.16 Å². The van der Waals surface area contributed by atoms with Crippen molar-refractivity contribution < 1.29 is 19.8 Å². The number of carbonyl (C=O) groups is 2. The monoisotopic (exact) mass is 623 g/mol. The van der Waals surface area contributed by atoms with E-state index in [-0.39, 0.29) is 5.56 Å². The molecule has 4 aromatic carbocycles. The maximum absolute atomic E-state index is 11.6. The Morgan fingerprint density at radius 1 is 0.705 bits per heavy atom. The summed E-state index contributed by atoms with van der Waals surface area (Å²) in [5.41, 5.74) is 5.94. The van der Waals surface area contributed by atoms with Crippen LogP contribution in [0.1, 0.15) is 63.9 Å². The van der Waals surface area contributed by atoms with Gasteiger partial charge in [0, 0.05) is 17.9 Å². The van der Waals surface area contributed by atoms with Gasteiger partial charge in [0.15, 0.2) is 0 Å². The molecular weight excluding hydrogens is 591 g/mol. The van der Waals surface area contributed by atoms with Crippen LogP contribution in [-0.4, -0.2) is 36.3 Å². The number of carboxylic acid groups (broad SMARTS) is 2. The van der Waals surface area contributed by atoms with Crippen molar-refractivity contribution in [2.45, 2.75) is 49.3 Å². The molecule has 7 nitrogen and oxygen atoms in total. The Morgan fingerprint density at radius 2 is 1.23 bits per heavy atom. The minimum absolute atomic E-state index is 0.289. The van der Waals surface area contributed by atoms with Gasteiger partial charge in [-0.25, -0.2) is 14.6 Å². The van der Waals surface area contributed by atoms with Crippen LogP contribution in [0.3, 0.4) is 0 Å². The number of benzene rings is 4. The van der Waals surface area contributed by atoms with Crippen molar-refractivity contribution in [3.05, 3.63) is 125 Å².